The Labute approximate surface area is 92.9 Å². The first kappa shape index (κ1) is 11.8. The summed E-state index contributed by atoms with van der Waals surface area (Å²) < 4.78 is 4.50. The van der Waals surface area contributed by atoms with E-state index in [1.165, 1.54) is 19.5 Å². The van der Waals surface area contributed by atoms with Gasteiger partial charge in [-0.05, 0) is 0 Å². The molecule has 1 aromatic heterocycles. The fourth-order valence-electron chi connectivity index (χ4n) is 1.03. The summed E-state index contributed by atoms with van der Waals surface area (Å²) in [6, 6.07) is 0. The zero-order valence-electron chi connectivity index (χ0n) is 9.02. The Morgan fingerprint density at radius 2 is 2.06 bits per heavy atom. The molecule has 1 aromatic rings. The van der Waals surface area contributed by atoms with Gasteiger partial charge in [0.1, 0.15) is 0 Å². The van der Waals surface area contributed by atoms with Gasteiger partial charge in [-0.15, -0.1) is 0 Å². The van der Waals surface area contributed by atoms with E-state index < -0.39 is 5.97 Å². The second kappa shape index (κ2) is 5.59. The second-order valence-corrected chi connectivity index (χ2v) is 2.81. The van der Waals surface area contributed by atoms with Crippen molar-refractivity contribution in [3.63, 3.8) is 0 Å². The molecule has 16 heavy (non-hydrogen) atoms. The van der Waals surface area contributed by atoms with E-state index in [-0.39, 0.29) is 5.69 Å². The van der Waals surface area contributed by atoms with Gasteiger partial charge in [-0.3, -0.25) is 4.98 Å². The van der Waals surface area contributed by atoms with Gasteiger partial charge in [0.05, 0.1) is 25.2 Å². The quantitative estimate of drug-likeness (QED) is 0.569. The Morgan fingerprint density at radius 1 is 1.44 bits per heavy atom. The molecule has 0 aliphatic rings. The lowest BCUT2D eigenvalue weighted by Crippen LogP contribution is -2.06. The van der Waals surface area contributed by atoms with Crippen LogP contribution in [0.2, 0.25) is 0 Å². The largest absolute Gasteiger partial charge is 0.464 e. The van der Waals surface area contributed by atoms with E-state index >= 15 is 0 Å². The minimum Gasteiger partial charge on any atom is -0.464 e. The first-order chi connectivity index (χ1) is 7.72. The standard InChI is InChI=1S/C10H12N4O2/c1-12-4-7(3-11)8-5-14-9(6-13-8)10(15)16-2/h3-6,11-12H,1-2H3/b7-4+,11-3?. The van der Waals surface area contributed by atoms with Crippen molar-refractivity contribution in [2.45, 2.75) is 0 Å². The lowest BCUT2D eigenvalue weighted by atomic mass is 10.2. The first-order valence-corrected chi connectivity index (χ1v) is 4.51. The SMILES string of the molecule is CN/C=C(\C=N)c1cnc(C(=O)OC)cn1. The van der Waals surface area contributed by atoms with Crippen LogP contribution in [-0.2, 0) is 4.74 Å². The molecule has 6 nitrogen and oxygen atoms in total. The molecule has 0 aliphatic heterocycles. The summed E-state index contributed by atoms with van der Waals surface area (Å²) in [4.78, 5) is 19.0. The van der Waals surface area contributed by atoms with E-state index in [4.69, 9.17) is 5.41 Å². The van der Waals surface area contributed by atoms with Gasteiger partial charge in [0.15, 0.2) is 5.69 Å². The molecule has 0 aromatic carbocycles. The molecule has 0 saturated heterocycles. The number of allylic oxidation sites excluding steroid dienone is 1. The Hall–Kier alpha value is -2.24. The van der Waals surface area contributed by atoms with Crippen LogP contribution in [0.4, 0.5) is 0 Å². The molecule has 0 radical (unpaired) electrons. The van der Waals surface area contributed by atoms with Crippen LogP contribution in [0, 0.1) is 5.41 Å². The Morgan fingerprint density at radius 3 is 2.50 bits per heavy atom. The predicted octanol–water partition coefficient (Wildman–Crippen LogP) is 0.473. The molecule has 6 heteroatoms. The summed E-state index contributed by atoms with van der Waals surface area (Å²) in [6.45, 7) is 0. The van der Waals surface area contributed by atoms with Gasteiger partial charge in [-0.1, -0.05) is 0 Å². The molecule has 1 rings (SSSR count). The average Bonchev–Trinajstić information content (AvgIpc) is 2.35. The molecule has 1 heterocycles. The topological polar surface area (TPSA) is 88.0 Å². The number of hydrogen-bond acceptors (Lipinski definition) is 6. The molecule has 84 valence electrons. The maximum atomic E-state index is 11.1. The number of nitrogens with zero attached hydrogens (tertiary/aromatic N) is 2. The summed E-state index contributed by atoms with van der Waals surface area (Å²) in [5.41, 5.74) is 1.23. The van der Waals surface area contributed by atoms with Crippen LogP contribution < -0.4 is 5.32 Å². The third-order valence-electron chi connectivity index (χ3n) is 1.80. The molecular formula is C10H12N4O2. The first-order valence-electron chi connectivity index (χ1n) is 4.51. The molecule has 0 bridgehead atoms. The third-order valence-corrected chi connectivity index (χ3v) is 1.80. The number of ether oxygens (including phenoxy) is 1. The Kier molecular flexibility index (Phi) is 4.14. The van der Waals surface area contributed by atoms with E-state index in [0.717, 1.165) is 6.21 Å². The number of esters is 1. The normalized spacial score (nSPS) is 10.8. The van der Waals surface area contributed by atoms with Crippen LogP contribution in [0.1, 0.15) is 16.2 Å². The summed E-state index contributed by atoms with van der Waals surface area (Å²) in [6.07, 6.45) is 5.50. The maximum absolute atomic E-state index is 11.1. The highest BCUT2D eigenvalue weighted by atomic mass is 16.5. The number of methoxy groups -OCH3 is 1. The lowest BCUT2D eigenvalue weighted by molar-refractivity contribution is 0.0593. The number of nitrogens with one attached hydrogen (secondary N) is 2. The second-order valence-electron chi connectivity index (χ2n) is 2.81. The highest BCUT2D eigenvalue weighted by Gasteiger charge is 2.08. The molecule has 0 spiro atoms. The molecule has 2 N–H and O–H groups in total. The van der Waals surface area contributed by atoms with Crippen LogP contribution in [-0.4, -0.2) is 36.3 Å². The van der Waals surface area contributed by atoms with Crippen LogP contribution in [0.15, 0.2) is 18.6 Å². The van der Waals surface area contributed by atoms with Gasteiger partial charge in [0.25, 0.3) is 0 Å². The van der Waals surface area contributed by atoms with Crippen molar-refractivity contribution in [3.05, 3.63) is 30.0 Å². The van der Waals surface area contributed by atoms with Gasteiger partial charge in [0, 0.05) is 25.0 Å². The molecular weight excluding hydrogens is 208 g/mol. The smallest absolute Gasteiger partial charge is 0.358 e. The minimum atomic E-state index is -0.534. The van der Waals surface area contributed by atoms with Crippen molar-refractivity contribution in [3.8, 4) is 0 Å². The Bertz CT molecular complexity index is 411. The molecule has 0 aliphatic carbocycles. The fourth-order valence-corrected chi connectivity index (χ4v) is 1.03. The summed E-state index contributed by atoms with van der Waals surface area (Å²) in [5.74, 6) is -0.534. The van der Waals surface area contributed by atoms with Crippen molar-refractivity contribution in [2.75, 3.05) is 14.2 Å². The van der Waals surface area contributed by atoms with Gasteiger partial charge < -0.3 is 15.5 Å². The number of rotatable bonds is 4. The monoisotopic (exact) mass is 220 g/mol. The average molecular weight is 220 g/mol. The van der Waals surface area contributed by atoms with Crippen molar-refractivity contribution in [2.24, 2.45) is 0 Å². The van der Waals surface area contributed by atoms with E-state index in [0.29, 0.717) is 11.3 Å². The predicted molar refractivity (Wildman–Crippen MR) is 59.2 cm³/mol. The number of carbonyl (C=O) groups is 1. The zero-order chi connectivity index (χ0) is 12.0. The molecule has 0 fully saturated rings. The Balaban J connectivity index is 2.98. The van der Waals surface area contributed by atoms with Crippen molar-refractivity contribution < 1.29 is 9.53 Å². The van der Waals surface area contributed by atoms with E-state index in [1.807, 2.05) is 0 Å². The van der Waals surface area contributed by atoms with E-state index in [2.05, 4.69) is 20.0 Å². The van der Waals surface area contributed by atoms with Crippen LogP contribution in [0.3, 0.4) is 0 Å². The maximum Gasteiger partial charge on any atom is 0.358 e. The molecule has 0 amide bonds. The molecule has 0 saturated carbocycles. The van der Waals surface area contributed by atoms with E-state index in [9.17, 15) is 4.79 Å². The van der Waals surface area contributed by atoms with Gasteiger partial charge in [0.2, 0.25) is 0 Å². The highest BCUT2D eigenvalue weighted by molar-refractivity contribution is 6.07. The highest BCUT2D eigenvalue weighted by Crippen LogP contribution is 2.07. The van der Waals surface area contributed by atoms with Crippen molar-refractivity contribution >= 4 is 17.8 Å². The van der Waals surface area contributed by atoms with Gasteiger partial charge >= 0.3 is 5.97 Å². The zero-order valence-corrected chi connectivity index (χ0v) is 9.02. The van der Waals surface area contributed by atoms with Crippen molar-refractivity contribution in [1.29, 1.82) is 5.41 Å². The molecule has 0 atom stereocenters. The lowest BCUT2D eigenvalue weighted by Gasteiger charge is -2.01. The third kappa shape index (κ3) is 2.63. The molecule has 0 unspecified atom stereocenters. The number of carbonyl (C=O) groups excluding carboxylic acids is 1. The summed E-state index contributed by atoms with van der Waals surface area (Å²) in [7, 11) is 3.00. The fraction of sp³-hybridized carbons (Fsp3) is 0.200. The van der Waals surface area contributed by atoms with Gasteiger partial charge in [-0.2, -0.15) is 0 Å². The minimum absolute atomic E-state index is 0.139. The van der Waals surface area contributed by atoms with Crippen molar-refractivity contribution in [1.82, 2.24) is 15.3 Å². The number of hydrogen-bond donors (Lipinski definition) is 2. The van der Waals surface area contributed by atoms with E-state index in [1.54, 1.807) is 13.2 Å². The van der Waals surface area contributed by atoms with Crippen LogP contribution in [0.25, 0.3) is 5.57 Å². The summed E-state index contributed by atoms with van der Waals surface area (Å²) in [5, 5.41) is 9.98. The van der Waals surface area contributed by atoms with Crippen LogP contribution >= 0.6 is 0 Å². The number of aromatic nitrogens is 2. The van der Waals surface area contributed by atoms with Crippen LogP contribution in [0.5, 0.6) is 0 Å². The van der Waals surface area contributed by atoms with Gasteiger partial charge in [-0.25, -0.2) is 9.78 Å². The summed E-state index contributed by atoms with van der Waals surface area (Å²) >= 11 is 0.